The molecule has 15 aromatic rings. The summed E-state index contributed by atoms with van der Waals surface area (Å²) >= 11 is 0. The average molecular weight is 1390 g/mol. The molecule has 0 saturated carbocycles. The Kier molecular flexibility index (Phi) is 23.4. The van der Waals surface area contributed by atoms with Crippen molar-refractivity contribution in [3.05, 3.63) is 289 Å². The number of aromatic nitrogens is 7. The van der Waals surface area contributed by atoms with Gasteiger partial charge in [-0.15, -0.1) is 0 Å². The molecule has 0 aliphatic carbocycles. The summed E-state index contributed by atoms with van der Waals surface area (Å²) in [6.45, 7) is 26.0. The van der Waals surface area contributed by atoms with E-state index in [9.17, 15) is 19.2 Å². The van der Waals surface area contributed by atoms with Crippen LogP contribution in [-0.2, 0) is 50.6 Å². The van der Waals surface area contributed by atoms with Crippen molar-refractivity contribution in [1.82, 2.24) is 33.4 Å². The number of aryl methyl sites for hydroxylation is 16. The van der Waals surface area contributed by atoms with Gasteiger partial charge in [-0.05, 0) is 198 Å². The fourth-order valence-electron chi connectivity index (χ4n) is 14.3. The second-order valence-corrected chi connectivity index (χ2v) is 27.2. The Balaban J connectivity index is 0.000000126. The van der Waals surface area contributed by atoms with Crippen LogP contribution in [0.5, 0.6) is 0 Å². The van der Waals surface area contributed by atoms with Gasteiger partial charge >= 0.3 is 5.76 Å². The van der Waals surface area contributed by atoms with Gasteiger partial charge < -0.3 is 37.7 Å². The molecule has 0 atom stereocenters. The lowest BCUT2D eigenvalue weighted by Crippen LogP contribution is -2.25. The third-order valence-corrected chi connectivity index (χ3v) is 19.5. The lowest BCUT2D eigenvalue weighted by molar-refractivity contribution is -0.117. The number of ketones is 1. The number of amides is 2. The highest BCUT2D eigenvalue weighted by molar-refractivity contribution is 6.52. The second-order valence-electron chi connectivity index (χ2n) is 27.2. The van der Waals surface area contributed by atoms with Gasteiger partial charge in [0.05, 0.1) is 63.5 Å². The zero-order valence-electron chi connectivity index (χ0n) is 63.6. The molecule has 534 valence electrons. The third-order valence-electron chi connectivity index (χ3n) is 19.5. The first-order valence-electron chi connectivity index (χ1n) is 35.0. The van der Waals surface area contributed by atoms with Crippen LogP contribution >= 0.6 is 0 Å². The number of oxazole rings is 1. The van der Waals surface area contributed by atoms with E-state index in [-0.39, 0.29) is 11.7 Å². The minimum Gasteiger partial charge on any atom is -0.464 e. The molecule has 0 fully saturated rings. The highest BCUT2D eigenvalue weighted by atomic mass is 16.4. The maximum atomic E-state index is 11.4. The summed E-state index contributed by atoms with van der Waals surface area (Å²) in [5.74, 6) is -0.955. The summed E-state index contributed by atoms with van der Waals surface area (Å²) in [5, 5.41) is 9.55. The number of likely N-dealkylation sites (N-methyl/N-ethyl adjacent to an activating group) is 3. The fraction of sp³-hybridized carbons (Fsp3) is 0.250. The van der Waals surface area contributed by atoms with Crippen LogP contribution in [0.2, 0.25) is 0 Å². The molecule has 0 radical (unpaired) electrons. The number of hydrogen-bond acceptors (Lipinski definition) is 9. The van der Waals surface area contributed by atoms with Gasteiger partial charge in [0.25, 0.3) is 11.7 Å². The van der Waals surface area contributed by atoms with Crippen molar-refractivity contribution in [3.63, 3.8) is 0 Å². The lowest BCUT2D eigenvalue weighted by Gasteiger charge is -2.13. The maximum Gasteiger partial charge on any atom is 0.419 e. The number of Topliss-reactive ketones (excluding diaryl/α,β-unsaturated/α-hetero) is 1. The molecule has 0 unspecified atom stereocenters. The first kappa shape index (κ1) is 74.9. The number of carbonyl (C=O) groups excluding carboxylic acids is 3. The summed E-state index contributed by atoms with van der Waals surface area (Å²) in [4.78, 5) is 58.0. The number of hydrogen-bond donors (Lipinski definition) is 1. The van der Waals surface area contributed by atoms with Crippen LogP contribution in [0, 0.1) is 83.1 Å². The number of H-pyrrole nitrogens is 1. The number of nitrogens with one attached hydrogen (secondary N) is 1. The lowest BCUT2D eigenvalue weighted by atomic mass is 10.1. The van der Waals surface area contributed by atoms with E-state index < -0.39 is 11.7 Å². The Hall–Kier alpha value is -11.8. The fourth-order valence-corrected chi connectivity index (χ4v) is 14.3. The van der Waals surface area contributed by atoms with Crippen LogP contribution < -0.4 is 20.5 Å². The first-order chi connectivity index (χ1) is 49.7. The van der Waals surface area contributed by atoms with Gasteiger partial charge in [-0.1, -0.05) is 140 Å². The Morgan fingerprint density at radius 3 is 1.64 bits per heavy atom. The molecule has 16 nitrogen and oxygen atoms in total. The Morgan fingerprint density at radius 2 is 1.02 bits per heavy atom. The molecule has 3 aliphatic heterocycles. The average Bonchev–Trinajstić information content (AvgIpc) is 1.64. The van der Waals surface area contributed by atoms with Gasteiger partial charge in [-0.3, -0.25) is 23.6 Å². The van der Waals surface area contributed by atoms with E-state index >= 15 is 0 Å². The number of rotatable bonds is 0. The molecule has 104 heavy (non-hydrogen) atoms. The number of anilines is 3. The molecule has 0 spiro atoms. The quantitative estimate of drug-likeness (QED) is 0.145. The summed E-state index contributed by atoms with van der Waals surface area (Å²) in [5.41, 5.74) is 29.9. The van der Waals surface area contributed by atoms with Crippen molar-refractivity contribution in [2.24, 2.45) is 28.2 Å². The highest BCUT2D eigenvalue weighted by Crippen LogP contribution is 2.33. The summed E-state index contributed by atoms with van der Waals surface area (Å²) in [6, 6.07) is 57.1. The van der Waals surface area contributed by atoms with Crippen molar-refractivity contribution in [2.75, 3.05) is 42.4 Å². The van der Waals surface area contributed by atoms with Crippen molar-refractivity contribution in [3.8, 4) is 0 Å². The van der Waals surface area contributed by atoms with Gasteiger partial charge in [0.2, 0.25) is 5.91 Å². The van der Waals surface area contributed by atoms with Gasteiger partial charge in [-0.25, -0.2) is 9.78 Å². The van der Waals surface area contributed by atoms with E-state index in [1.54, 1.807) is 43.5 Å². The molecule has 18 rings (SSSR count). The zero-order chi connectivity index (χ0) is 75.0. The van der Waals surface area contributed by atoms with Crippen LogP contribution in [0.25, 0.3) is 65.8 Å². The molecule has 9 heterocycles. The molecule has 3 aliphatic rings. The molecule has 16 heteroatoms. The summed E-state index contributed by atoms with van der Waals surface area (Å²) in [6.07, 6.45) is 9.58. The minimum atomic E-state index is -0.440. The number of aromatic amines is 1. The smallest absolute Gasteiger partial charge is 0.419 e. The first-order valence-corrected chi connectivity index (χ1v) is 35.0. The normalized spacial score (nSPS) is 12.3. The van der Waals surface area contributed by atoms with Gasteiger partial charge in [0.1, 0.15) is 5.58 Å². The van der Waals surface area contributed by atoms with E-state index in [1.807, 2.05) is 113 Å². The van der Waals surface area contributed by atoms with Crippen LogP contribution in [0.3, 0.4) is 0 Å². The Morgan fingerprint density at radius 1 is 0.462 bits per heavy atom. The molecule has 0 saturated heterocycles. The van der Waals surface area contributed by atoms with Crippen molar-refractivity contribution in [2.45, 2.75) is 95.9 Å². The Bertz CT molecular complexity index is 5500. The molecule has 2 amide bonds. The number of nitrogens with zero attached hydrogens (tertiary/aromatic N) is 9. The van der Waals surface area contributed by atoms with Gasteiger partial charge in [-0.2, -0.15) is 5.10 Å². The van der Waals surface area contributed by atoms with E-state index in [0.717, 1.165) is 50.4 Å². The summed E-state index contributed by atoms with van der Waals surface area (Å²) in [7, 11) is 13.4. The summed E-state index contributed by atoms with van der Waals surface area (Å²) < 4.78 is 18.0. The molecule has 0 bridgehead atoms. The van der Waals surface area contributed by atoms with Crippen LogP contribution in [0.1, 0.15) is 88.4 Å². The second kappa shape index (κ2) is 32.5. The highest BCUT2D eigenvalue weighted by Gasteiger charge is 2.34. The number of para-hydroxylation sites is 8. The standard InChI is InChI=1S/C10H12N2.C10H9NO2.C10H11NO.C10H13N.2C10H11N.C10H10O.C9H10N2.C9H9NO2/c1-7-5-4-6-9-8(2)11-12(3)10(7)9;1-6-4-3-5-7-8(6)11(2)10(13)9(7)12;1-7-4-3-5-8-6-9(12)11(2)10(7)8;2*1-8-4-3-5-9-6-7-11(2)10(8)9;1-7-4-3-5-9-10(7)8(2)6-11-9;1-7-4-3-5-9-8(2)6-11-10(7)9;1-7-4-3-5-8-9(7)11(2)6-10-8;1-6-4-3-5-7-8(6)10(2)9(11)12-7/h4-6H,1-3H3;3-5H,1-2H3;3-5H,6H2,1-2H3;3-5H,6-7H2,1-2H3;3-7H,1-2H3;3-6,11H,1-2H3;2*3-6H,1-2H3;3-5H,1-2H3. The third kappa shape index (κ3) is 16.1. The molecular weight excluding hydrogens is 1290 g/mol. The number of benzene rings is 9. The topological polar surface area (TPSA) is 166 Å². The van der Waals surface area contributed by atoms with Crippen molar-refractivity contribution >= 4 is 100 Å². The predicted molar refractivity (Wildman–Crippen MR) is 428 cm³/mol. The molecular formula is C88H96N10O6. The number of furan rings is 1. The molecule has 6 aromatic heterocycles. The monoisotopic (exact) mass is 1390 g/mol. The molecule has 1 N–H and O–H groups in total. The van der Waals surface area contributed by atoms with Crippen molar-refractivity contribution < 1.29 is 23.2 Å². The van der Waals surface area contributed by atoms with Gasteiger partial charge in [0.15, 0.2) is 5.58 Å². The Labute approximate surface area is 609 Å². The SMILES string of the molecule is Cc1cccc2[nH]cc(C)c12.Cc1cccc2c1N(C)C(=O)C2.Cc1cccc2c1N(C)C(=O)C2=O.Cc1cccc2c1N(C)CC2.Cc1cccc2ccn(C)c12.Cc1cccc2ncn(C)c12.Cc1cccc2oc(=O)n(C)c12.Cc1coc2c(C)cccc12.Cc1nn(C)c2c(C)cccc12. The van der Waals surface area contributed by atoms with Crippen LogP contribution in [-0.4, -0.2) is 78.7 Å². The largest absolute Gasteiger partial charge is 0.464 e. The van der Waals surface area contributed by atoms with E-state index in [2.05, 4.69) is 210 Å². The van der Waals surface area contributed by atoms with E-state index in [4.69, 9.17) is 8.83 Å². The van der Waals surface area contributed by atoms with Crippen LogP contribution in [0.15, 0.2) is 208 Å². The zero-order valence-corrected chi connectivity index (χ0v) is 63.6. The van der Waals surface area contributed by atoms with E-state index in [0.29, 0.717) is 17.6 Å². The maximum absolute atomic E-state index is 11.4. The predicted octanol–water partition coefficient (Wildman–Crippen LogP) is 18.5. The molecule has 9 aromatic carbocycles. The van der Waals surface area contributed by atoms with Crippen molar-refractivity contribution in [1.29, 1.82) is 0 Å². The number of carbonyl (C=O) groups is 3. The van der Waals surface area contributed by atoms with Gasteiger partial charge in [0, 0.05) is 101 Å². The number of fused-ring (bicyclic) bond motifs is 9. The van der Waals surface area contributed by atoms with E-state index in [1.165, 1.54) is 127 Å². The minimum absolute atomic E-state index is 0.194. The van der Waals surface area contributed by atoms with Crippen LogP contribution in [0.4, 0.5) is 17.1 Å². The number of imidazole rings is 1.